The number of hydrogen-bond acceptors (Lipinski definition) is 0. The summed E-state index contributed by atoms with van der Waals surface area (Å²) in [4.78, 5) is 0. The molecule has 0 aromatic heterocycles. The minimum absolute atomic E-state index is 1.21. The summed E-state index contributed by atoms with van der Waals surface area (Å²) in [5.74, 6) is 0. The zero-order valence-electron chi connectivity index (χ0n) is 20.2. The van der Waals surface area contributed by atoms with Crippen LogP contribution in [-0.4, -0.2) is 0 Å². The fourth-order valence-corrected chi connectivity index (χ4v) is 6.68. The molecule has 0 heteroatoms. The van der Waals surface area contributed by atoms with Gasteiger partial charge in [0.05, 0.1) is 0 Å². The molecule has 0 heterocycles. The molecular formula is C36H26. The average molecular weight is 459 g/mol. The Balaban J connectivity index is 1.33. The van der Waals surface area contributed by atoms with Crippen LogP contribution in [0.2, 0.25) is 0 Å². The molecule has 170 valence electrons. The van der Waals surface area contributed by atoms with Crippen molar-refractivity contribution in [3.8, 4) is 11.1 Å². The maximum absolute atomic E-state index is 2.39. The summed E-state index contributed by atoms with van der Waals surface area (Å²) in [6.07, 6.45) is 16.2. The van der Waals surface area contributed by atoms with Crippen LogP contribution in [0.4, 0.5) is 0 Å². The second kappa shape index (κ2) is 7.67. The molecule has 0 saturated carbocycles. The van der Waals surface area contributed by atoms with Gasteiger partial charge in [-0.25, -0.2) is 0 Å². The summed E-state index contributed by atoms with van der Waals surface area (Å²) in [7, 11) is 0. The second-order valence-electron chi connectivity index (χ2n) is 10.4. The smallest absolute Gasteiger partial charge is 0.00987 e. The Hall–Kier alpha value is -4.16. The molecule has 0 spiro atoms. The molecule has 0 nitrogen and oxygen atoms in total. The van der Waals surface area contributed by atoms with Gasteiger partial charge >= 0.3 is 0 Å². The van der Waals surface area contributed by atoms with Gasteiger partial charge < -0.3 is 0 Å². The summed E-state index contributed by atoms with van der Waals surface area (Å²) in [6.45, 7) is 0. The van der Waals surface area contributed by atoms with E-state index in [1.54, 1.807) is 11.1 Å². The van der Waals surface area contributed by atoms with Gasteiger partial charge in [0.15, 0.2) is 0 Å². The van der Waals surface area contributed by atoms with Gasteiger partial charge in [-0.05, 0) is 114 Å². The van der Waals surface area contributed by atoms with Crippen LogP contribution in [-0.2, 0) is 12.8 Å². The molecule has 3 aliphatic carbocycles. The van der Waals surface area contributed by atoms with Crippen molar-refractivity contribution in [2.45, 2.75) is 25.7 Å². The van der Waals surface area contributed by atoms with Gasteiger partial charge in [-0.1, -0.05) is 97.1 Å². The van der Waals surface area contributed by atoms with Gasteiger partial charge in [0.25, 0.3) is 0 Å². The van der Waals surface area contributed by atoms with Crippen molar-refractivity contribution in [3.05, 3.63) is 129 Å². The molecule has 0 bridgehead atoms. The highest BCUT2D eigenvalue weighted by Crippen LogP contribution is 2.40. The van der Waals surface area contributed by atoms with Crippen molar-refractivity contribution in [2.75, 3.05) is 0 Å². The summed E-state index contributed by atoms with van der Waals surface area (Å²) < 4.78 is 0. The lowest BCUT2D eigenvalue weighted by atomic mass is 9.85. The third kappa shape index (κ3) is 2.88. The number of rotatable bonds is 2. The fourth-order valence-electron chi connectivity index (χ4n) is 6.68. The van der Waals surface area contributed by atoms with E-state index >= 15 is 0 Å². The normalized spacial score (nSPS) is 15.3. The lowest BCUT2D eigenvalue weighted by Gasteiger charge is -2.20. The van der Waals surface area contributed by atoms with Crippen molar-refractivity contribution in [1.29, 1.82) is 0 Å². The van der Waals surface area contributed by atoms with Gasteiger partial charge in [-0.2, -0.15) is 0 Å². The van der Waals surface area contributed by atoms with Crippen LogP contribution in [0.1, 0.15) is 40.7 Å². The highest BCUT2D eigenvalue weighted by molar-refractivity contribution is 6.14. The molecule has 5 aromatic carbocycles. The molecule has 5 aromatic rings. The number of allylic oxidation sites excluding steroid dienone is 2. The zero-order valence-corrected chi connectivity index (χ0v) is 20.2. The first-order valence-corrected chi connectivity index (χ1v) is 13.2. The Morgan fingerprint density at radius 1 is 0.500 bits per heavy atom. The minimum atomic E-state index is 1.21. The molecule has 36 heavy (non-hydrogen) atoms. The van der Waals surface area contributed by atoms with Crippen molar-refractivity contribution in [3.63, 3.8) is 0 Å². The van der Waals surface area contributed by atoms with E-state index in [0.717, 1.165) is 0 Å². The minimum Gasteiger partial charge on any atom is -0.0616 e. The molecule has 0 aliphatic heterocycles. The fraction of sp³-hybridized carbons (Fsp3) is 0.111. The predicted molar refractivity (Wildman–Crippen MR) is 154 cm³/mol. The summed E-state index contributed by atoms with van der Waals surface area (Å²) >= 11 is 0. The Bertz CT molecular complexity index is 1930. The van der Waals surface area contributed by atoms with E-state index in [2.05, 4.69) is 109 Å². The zero-order chi connectivity index (χ0) is 23.6. The van der Waals surface area contributed by atoms with Crippen LogP contribution >= 0.6 is 0 Å². The third-order valence-electron chi connectivity index (χ3n) is 8.42. The third-order valence-corrected chi connectivity index (χ3v) is 8.42. The second-order valence-corrected chi connectivity index (χ2v) is 10.4. The topological polar surface area (TPSA) is 0 Å². The largest absolute Gasteiger partial charge is 0.0616 e. The van der Waals surface area contributed by atoms with Crippen molar-refractivity contribution in [2.24, 2.45) is 0 Å². The van der Waals surface area contributed by atoms with E-state index in [1.165, 1.54) is 91.1 Å². The van der Waals surface area contributed by atoms with Crippen molar-refractivity contribution >= 4 is 45.3 Å². The van der Waals surface area contributed by atoms with Gasteiger partial charge in [-0.15, -0.1) is 0 Å². The standard InChI is InChI=1S/C36H26/c1-2-10-27-23(7-1)15-17-33-31-14-6-13-30(34(31)20-19-32(27)33)28-11-3-4-12-29(28)35-18-16-26-21-24-8-5-9-25(24)22-36(26)35/h3-6,8-9,11-22H,1-2,7,10H2. The van der Waals surface area contributed by atoms with Crippen molar-refractivity contribution < 1.29 is 0 Å². The first kappa shape index (κ1) is 20.1. The lowest BCUT2D eigenvalue weighted by molar-refractivity contribution is 0.690. The molecule has 0 radical (unpaired) electrons. The number of fused-ring (bicyclic) bond motifs is 7. The summed E-state index contributed by atoms with van der Waals surface area (Å²) in [5, 5.41) is 8.16. The van der Waals surface area contributed by atoms with E-state index in [9.17, 15) is 0 Å². The molecule has 0 saturated heterocycles. The van der Waals surface area contributed by atoms with E-state index in [-0.39, 0.29) is 0 Å². The molecule has 0 N–H and O–H groups in total. The summed E-state index contributed by atoms with van der Waals surface area (Å²) in [6, 6.07) is 30.0. The molecule has 0 fully saturated rings. The average Bonchev–Trinajstić information content (AvgIpc) is 3.57. The van der Waals surface area contributed by atoms with Gasteiger partial charge in [0, 0.05) is 0 Å². The van der Waals surface area contributed by atoms with Crippen LogP contribution < -0.4 is 10.4 Å². The Kier molecular flexibility index (Phi) is 4.28. The van der Waals surface area contributed by atoms with E-state index in [1.807, 2.05) is 0 Å². The SMILES string of the molecule is C1=Cc2cc3c(cc2=C1)C(c1ccccc1-c1cccc2c1ccc1c4c(ccc12)CCCC4)=CC=3. The molecule has 0 atom stereocenters. The Morgan fingerprint density at radius 3 is 2.28 bits per heavy atom. The van der Waals surface area contributed by atoms with Crippen LogP contribution in [0.15, 0.2) is 91.0 Å². The van der Waals surface area contributed by atoms with E-state index in [0.29, 0.717) is 0 Å². The molecule has 0 amide bonds. The highest BCUT2D eigenvalue weighted by Gasteiger charge is 2.19. The number of benzene rings is 5. The summed E-state index contributed by atoms with van der Waals surface area (Å²) in [5.41, 5.74) is 11.0. The predicted octanol–water partition coefficient (Wildman–Crippen LogP) is 7.57. The first-order chi connectivity index (χ1) is 17.8. The molecule has 8 rings (SSSR count). The Labute approximate surface area is 211 Å². The van der Waals surface area contributed by atoms with Gasteiger partial charge in [-0.3, -0.25) is 0 Å². The maximum atomic E-state index is 2.39. The van der Waals surface area contributed by atoms with Gasteiger partial charge in [0.2, 0.25) is 0 Å². The highest BCUT2D eigenvalue weighted by atomic mass is 14.2. The maximum Gasteiger partial charge on any atom is -0.00987 e. The van der Waals surface area contributed by atoms with Crippen LogP contribution in [0.25, 0.3) is 56.5 Å². The molecule has 3 aliphatic rings. The quantitative estimate of drug-likeness (QED) is 0.239. The number of aryl methyl sites for hydroxylation is 2. The van der Waals surface area contributed by atoms with Crippen molar-refractivity contribution in [1.82, 2.24) is 0 Å². The monoisotopic (exact) mass is 458 g/mol. The van der Waals surface area contributed by atoms with E-state index in [4.69, 9.17) is 0 Å². The van der Waals surface area contributed by atoms with Crippen LogP contribution in [0.3, 0.4) is 0 Å². The van der Waals surface area contributed by atoms with Crippen LogP contribution in [0, 0.1) is 0 Å². The number of hydrogen-bond donors (Lipinski definition) is 0. The molecular weight excluding hydrogens is 432 g/mol. The Morgan fingerprint density at radius 2 is 1.31 bits per heavy atom. The first-order valence-electron chi connectivity index (χ1n) is 13.2. The van der Waals surface area contributed by atoms with Gasteiger partial charge in [0.1, 0.15) is 0 Å². The van der Waals surface area contributed by atoms with E-state index < -0.39 is 0 Å². The molecule has 0 unspecified atom stereocenters. The van der Waals surface area contributed by atoms with Crippen LogP contribution in [0.5, 0.6) is 0 Å². The lowest BCUT2D eigenvalue weighted by Crippen LogP contribution is -2.14.